The van der Waals surface area contributed by atoms with Crippen LogP contribution in [-0.2, 0) is 0 Å². The number of nitrogens with zero attached hydrogens (tertiary/aromatic N) is 1. The number of hydrogen-bond acceptors (Lipinski definition) is 6. The second-order valence-electron chi connectivity index (χ2n) is 8.41. The number of ketones is 1. The summed E-state index contributed by atoms with van der Waals surface area (Å²) in [6, 6.07) is 12.7. The van der Waals surface area contributed by atoms with E-state index in [0.29, 0.717) is 29.1 Å². The van der Waals surface area contributed by atoms with Gasteiger partial charge in [0.15, 0.2) is 16.9 Å². The molecule has 0 saturated carbocycles. The minimum atomic E-state index is -0.434. The largest absolute Gasteiger partial charge is 0.486 e. The van der Waals surface area contributed by atoms with E-state index < -0.39 is 5.63 Å². The van der Waals surface area contributed by atoms with E-state index in [1.165, 1.54) is 18.2 Å². The summed E-state index contributed by atoms with van der Waals surface area (Å²) in [6.07, 6.45) is 3.95. The van der Waals surface area contributed by atoms with Crippen LogP contribution >= 0.6 is 0 Å². The van der Waals surface area contributed by atoms with E-state index in [2.05, 4.69) is 4.90 Å². The lowest BCUT2D eigenvalue weighted by molar-refractivity contribution is 0.0835. The van der Waals surface area contributed by atoms with Crippen molar-refractivity contribution in [2.45, 2.75) is 19.3 Å². The van der Waals surface area contributed by atoms with Crippen LogP contribution in [0.4, 0.5) is 4.39 Å². The highest BCUT2D eigenvalue weighted by molar-refractivity contribution is 6.00. The Kier molecular flexibility index (Phi) is 5.96. The zero-order valence-corrected chi connectivity index (χ0v) is 18.1. The number of hydrogen-bond donors (Lipinski definition) is 0. The van der Waals surface area contributed by atoms with Crippen LogP contribution in [0.5, 0.6) is 5.75 Å². The zero-order chi connectivity index (χ0) is 22.8. The zero-order valence-electron chi connectivity index (χ0n) is 18.1. The van der Waals surface area contributed by atoms with Crippen LogP contribution in [0.25, 0.3) is 21.9 Å². The van der Waals surface area contributed by atoms with Crippen molar-refractivity contribution in [3.05, 3.63) is 76.6 Å². The summed E-state index contributed by atoms with van der Waals surface area (Å²) in [5.74, 6) is 0.197. The third-order valence-corrected chi connectivity index (χ3v) is 6.24. The average Bonchev–Trinajstić information content (AvgIpc) is 3.30. The summed E-state index contributed by atoms with van der Waals surface area (Å²) in [7, 11) is 0. The van der Waals surface area contributed by atoms with E-state index in [0.717, 1.165) is 49.7 Å². The number of carbonyl (C=O) groups excluding carboxylic acids is 1. The van der Waals surface area contributed by atoms with Crippen molar-refractivity contribution >= 4 is 27.7 Å². The molecule has 7 heteroatoms. The maximum atomic E-state index is 13.1. The van der Waals surface area contributed by atoms with E-state index in [1.807, 2.05) is 12.1 Å². The molecule has 33 heavy (non-hydrogen) atoms. The molecule has 0 aliphatic carbocycles. The first kappa shape index (κ1) is 21.4. The maximum Gasteiger partial charge on any atom is 0.336 e. The number of fused-ring (bicyclic) bond motifs is 2. The Morgan fingerprint density at radius 2 is 1.79 bits per heavy atom. The molecule has 1 saturated heterocycles. The highest BCUT2D eigenvalue weighted by atomic mass is 19.1. The molecule has 0 amide bonds. The fraction of sp³-hybridized carbons (Fsp3) is 0.308. The van der Waals surface area contributed by atoms with Crippen LogP contribution in [0.1, 0.15) is 29.6 Å². The molecule has 0 radical (unpaired) electrons. The normalized spacial score (nSPS) is 15.3. The Morgan fingerprint density at radius 3 is 2.58 bits per heavy atom. The quantitative estimate of drug-likeness (QED) is 0.224. The molecule has 1 aliphatic rings. The maximum absolute atomic E-state index is 13.1. The van der Waals surface area contributed by atoms with E-state index in [9.17, 15) is 14.0 Å². The second kappa shape index (κ2) is 9.19. The van der Waals surface area contributed by atoms with Crippen molar-refractivity contribution in [1.29, 1.82) is 0 Å². The first-order chi connectivity index (χ1) is 16.1. The summed E-state index contributed by atoms with van der Waals surface area (Å²) in [5.41, 5.74) is 1.10. The average molecular weight is 449 g/mol. The number of ether oxygens (including phenoxy) is 1. The smallest absolute Gasteiger partial charge is 0.336 e. The second-order valence-corrected chi connectivity index (χ2v) is 8.41. The molecule has 170 valence electrons. The van der Waals surface area contributed by atoms with Gasteiger partial charge in [0.1, 0.15) is 5.82 Å². The third kappa shape index (κ3) is 4.54. The minimum absolute atomic E-state index is 0.0196. The fourth-order valence-electron chi connectivity index (χ4n) is 4.47. The number of benzene rings is 2. The van der Waals surface area contributed by atoms with Crippen molar-refractivity contribution < 1.29 is 22.8 Å². The van der Waals surface area contributed by atoms with Crippen molar-refractivity contribution in [2.75, 3.05) is 26.2 Å². The lowest BCUT2D eigenvalue weighted by atomic mass is 9.89. The molecule has 2 aromatic carbocycles. The molecule has 0 bridgehead atoms. The fourth-order valence-corrected chi connectivity index (χ4v) is 4.47. The standard InChI is InChI=1S/C26H24FNO5/c27-21-5-2-17(3-6-21)23(30)18-8-12-28(13-9-18)11-1-14-31-26-24-20(10-15-32-24)16-19-4-7-22(29)33-25(19)26/h2-7,10,15-16,18H,1,8-9,11-14H2. The summed E-state index contributed by atoms with van der Waals surface area (Å²) in [5, 5.41) is 1.67. The number of rotatable bonds is 7. The molecule has 0 spiro atoms. The van der Waals surface area contributed by atoms with Crippen LogP contribution in [0, 0.1) is 11.7 Å². The van der Waals surface area contributed by atoms with Gasteiger partial charge in [0.25, 0.3) is 0 Å². The van der Waals surface area contributed by atoms with E-state index >= 15 is 0 Å². The molecule has 0 N–H and O–H groups in total. The molecular weight excluding hydrogens is 425 g/mol. The third-order valence-electron chi connectivity index (χ3n) is 6.24. The van der Waals surface area contributed by atoms with E-state index in [1.54, 1.807) is 24.5 Å². The van der Waals surface area contributed by atoms with Gasteiger partial charge >= 0.3 is 5.63 Å². The number of carbonyl (C=O) groups is 1. The van der Waals surface area contributed by atoms with Crippen LogP contribution in [0.15, 0.2) is 68.4 Å². The number of furan rings is 1. The SMILES string of the molecule is O=C(c1ccc(F)cc1)C1CCN(CCCOc2c3occc3cc3ccc(=O)oc23)CC1. The van der Waals surface area contributed by atoms with Crippen LogP contribution in [0.3, 0.4) is 0 Å². The van der Waals surface area contributed by atoms with Gasteiger partial charge in [-0.1, -0.05) is 0 Å². The lowest BCUT2D eigenvalue weighted by Gasteiger charge is -2.31. The Hall–Kier alpha value is -3.45. The topological polar surface area (TPSA) is 72.9 Å². The predicted molar refractivity (Wildman–Crippen MR) is 122 cm³/mol. The number of likely N-dealkylation sites (tertiary alicyclic amines) is 1. The molecule has 0 atom stereocenters. The molecule has 1 aliphatic heterocycles. The summed E-state index contributed by atoms with van der Waals surface area (Å²) in [6.45, 7) is 2.96. The molecule has 1 fully saturated rings. The monoisotopic (exact) mass is 449 g/mol. The van der Waals surface area contributed by atoms with E-state index in [-0.39, 0.29) is 17.5 Å². The van der Waals surface area contributed by atoms with Gasteiger partial charge in [-0.2, -0.15) is 0 Å². The molecular formula is C26H24FNO5. The summed E-state index contributed by atoms with van der Waals surface area (Å²) < 4.78 is 30.1. The summed E-state index contributed by atoms with van der Waals surface area (Å²) >= 11 is 0. The van der Waals surface area contributed by atoms with Gasteiger partial charge in [-0.05, 0) is 74.8 Å². The number of Topliss-reactive ketones (excluding diaryl/α,β-unsaturated/α-hetero) is 1. The van der Waals surface area contributed by atoms with E-state index in [4.69, 9.17) is 13.6 Å². The molecule has 5 rings (SSSR count). The van der Waals surface area contributed by atoms with Gasteiger partial charge in [-0.15, -0.1) is 0 Å². The van der Waals surface area contributed by atoms with Crippen molar-refractivity contribution in [3.8, 4) is 5.75 Å². The van der Waals surface area contributed by atoms with Crippen molar-refractivity contribution in [3.63, 3.8) is 0 Å². The Morgan fingerprint density at radius 1 is 1.03 bits per heavy atom. The van der Waals surface area contributed by atoms with Crippen LogP contribution in [-0.4, -0.2) is 36.9 Å². The molecule has 2 aromatic heterocycles. The molecule has 3 heterocycles. The van der Waals surface area contributed by atoms with Gasteiger partial charge in [0.05, 0.1) is 12.9 Å². The van der Waals surface area contributed by atoms with Gasteiger partial charge in [0, 0.05) is 34.9 Å². The van der Waals surface area contributed by atoms with Crippen LogP contribution in [0.2, 0.25) is 0 Å². The first-order valence-corrected chi connectivity index (χ1v) is 11.2. The first-order valence-electron chi connectivity index (χ1n) is 11.2. The lowest BCUT2D eigenvalue weighted by Crippen LogP contribution is -2.37. The van der Waals surface area contributed by atoms with Crippen LogP contribution < -0.4 is 10.4 Å². The van der Waals surface area contributed by atoms with Crippen molar-refractivity contribution in [1.82, 2.24) is 4.90 Å². The minimum Gasteiger partial charge on any atom is -0.486 e. The Balaban J connectivity index is 1.16. The Bertz CT molecular complexity index is 1330. The van der Waals surface area contributed by atoms with Crippen molar-refractivity contribution in [2.24, 2.45) is 5.92 Å². The number of halogens is 1. The highest BCUT2D eigenvalue weighted by Gasteiger charge is 2.25. The van der Waals surface area contributed by atoms with Gasteiger partial charge < -0.3 is 18.5 Å². The predicted octanol–water partition coefficient (Wildman–Crippen LogP) is 5.04. The van der Waals surface area contributed by atoms with Gasteiger partial charge in [0.2, 0.25) is 5.75 Å². The molecule has 4 aromatic rings. The van der Waals surface area contributed by atoms with Gasteiger partial charge in [-0.3, -0.25) is 4.79 Å². The highest BCUT2D eigenvalue weighted by Crippen LogP contribution is 2.35. The van der Waals surface area contributed by atoms with Gasteiger partial charge in [-0.25, -0.2) is 9.18 Å². The molecule has 6 nitrogen and oxygen atoms in total. The summed E-state index contributed by atoms with van der Waals surface area (Å²) in [4.78, 5) is 26.7. The molecule has 0 unspecified atom stereocenters. The number of piperidine rings is 1. The Labute approximate surface area is 189 Å².